The Morgan fingerprint density at radius 3 is 2.56 bits per heavy atom. The topological polar surface area (TPSA) is 108 Å². The molecule has 3 saturated heterocycles. The third kappa shape index (κ3) is 3.99. The Morgan fingerprint density at radius 2 is 1.91 bits per heavy atom. The molecule has 0 radical (unpaired) electrons. The number of ether oxygens (including phenoxy) is 1. The highest BCUT2D eigenvalue weighted by atomic mass is 35.5. The molecule has 3 amide bonds. The smallest absolute Gasteiger partial charge is 0.250 e. The molecule has 1 aromatic rings. The first-order valence-corrected chi connectivity index (χ1v) is 12.7. The number of anilines is 1. The number of aliphatic hydroxyl groups excluding tert-OH is 1. The zero-order valence-corrected chi connectivity index (χ0v) is 20.6. The number of nitrogens with zero attached hydrogens (tertiary/aromatic N) is 1. The molecule has 1 spiro atoms. The predicted molar refractivity (Wildman–Crippen MR) is 128 cm³/mol. The van der Waals surface area contributed by atoms with Crippen molar-refractivity contribution in [1.82, 2.24) is 10.2 Å². The van der Waals surface area contributed by atoms with Gasteiger partial charge in [0.1, 0.15) is 11.6 Å². The van der Waals surface area contributed by atoms with E-state index in [-0.39, 0.29) is 24.3 Å². The zero-order valence-electron chi connectivity index (χ0n) is 19.8. The van der Waals surface area contributed by atoms with E-state index in [1.807, 2.05) is 13.8 Å². The van der Waals surface area contributed by atoms with Gasteiger partial charge in [-0.2, -0.15) is 0 Å². The van der Waals surface area contributed by atoms with Crippen LogP contribution in [0.3, 0.4) is 0 Å². The Morgan fingerprint density at radius 1 is 1.18 bits per heavy atom. The van der Waals surface area contributed by atoms with Crippen LogP contribution in [0.25, 0.3) is 0 Å². The van der Waals surface area contributed by atoms with Crippen LogP contribution in [0.4, 0.5) is 5.69 Å². The minimum Gasteiger partial charge on any atom is -0.396 e. The van der Waals surface area contributed by atoms with Gasteiger partial charge in [-0.15, -0.1) is 0 Å². The second-order valence-electron chi connectivity index (χ2n) is 9.58. The first-order chi connectivity index (χ1) is 16.3. The minimum absolute atomic E-state index is 0.00966. The van der Waals surface area contributed by atoms with Crippen molar-refractivity contribution in [3.63, 3.8) is 0 Å². The fourth-order valence-electron chi connectivity index (χ4n) is 6.15. The van der Waals surface area contributed by atoms with E-state index in [0.717, 1.165) is 6.42 Å². The maximum atomic E-state index is 13.8. The Hall–Kier alpha value is -2.16. The molecule has 4 rings (SSSR count). The quantitative estimate of drug-likeness (QED) is 0.436. The van der Waals surface area contributed by atoms with Crippen molar-refractivity contribution in [2.75, 3.05) is 25.0 Å². The Kier molecular flexibility index (Phi) is 7.22. The molecular formula is C25H34ClN3O5. The molecule has 3 aliphatic heterocycles. The van der Waals surface area contributed by atoms with Crippen LogP contribution in [0.1, 0.15) is 52.4 Å². The third-order valence-electron chi connectivity index (χ3n) is 7.68. The number of halogens is 1. The number of likely N-dealkylation sites (tertiary alicyclic amines) is 1. The molecule has 2 bridgehead atoms. The van der Waals surface area contributed by atoms with E-state index in [9.17, 15) is 19.5 Å². The van der Waals surface area contributed by atoms with Crippen LogP contribution in [0.15, 0.2) is 24.3 Å². The first kappa shape index (κ1) is 24.9. The van der Waals surface area contributed by atoms with Gasteiger partial charge in [-0.3, -0.25) is 14.4 Å². The molecule has 3 N–H and O–H groups in total. The molecule has 0 aromatic heterocycles. The van der Waals surface area contributed by atoms with Gasteiger partial charge in [0.15, 0.2) is 0 Å². The van der Waals surface area contributed by atoms with Crippen LogP contribution < -0.4 is 10.6 Å². The van der Waals surface area contributed by atoms with Crippen LogP contribution in [0.5, 0.6) is 0 Å². The lowest BCUT2D eigenvalue weighted by Crippen LogP contribution is -2.53. The summed E-state index contributed by atoms with van der Waals surface area (Å²) in [6, 6.07) is 5.95. The van der Waals surface area contributed by atoms with Crippen molar-refractivity contribution in [2.45, 2.75) is 69.6 Å². The SMILES string of the molecule is CCCNC(=O)[C@@H]1[C@H]2C(=O)N(CCCCO)C(C(=O)Nc3ccc(Cl)cc3)C23CC[C@@]1(CC)O3. The molecule has 0 aliphatic carbocycles. The average molecular weight is 492 g/mol. The van der Waals surface area contributed by atoms with Crippen molar-refractivity contribution in [3.8, 4) is 0 Å². The van der Waals surface area contributed by atoms with Gasteiger partial charge in [-0.1, -0.05) is 25.4 Å². The molecule has 8 nitrogen and oxygen atoms in total. The van der Waals surface area contributed by atoms with Crippen molar-refractivity contribution in [3.05, 3.63) is 29.3 Å². The van der Waals surface area contributed by atoms with Crippen molar-refractivity contribution in [1.29, 1.82) is 0 Å². The van der Waals surface area contributed by atoms with Gasteiger partial charge >= 0.3 is 0 Å². The lowest BCUT2D eigenvalue weighted by Gasteiger charge is -2.34. The summed E-state index contributed by atoms with van der Waals surface area (Å²) in [5, 5.41) is 15.7. The number of hydrogen-bond acceptors (Lipinski definition) is 5. The van der Waals surface area contributed by atoms with Crippen LogP contribution >= 0.6 is 11.6 Å². The van der Waals surface area contributed by atoms with Crippen molar-refractivity contribution < 1.29 is 24.2 Å². The molecule has 1 aromatic carbocycles. The number of rotatable bonds is 10. The molecule has 3 aliphatic rings. The zero-order chi connectivity index (χ0) is 24.5. The van der Waals surface area contributed by atoms with Crippen LogP contribution in [-0.4, -0.2) is 64.7 Å². The summed E-state index contributed by atoms with van der Waals surface area (Å²) in [6.45, 7) is 4.82. The van der Waals surface area contributed by atoms with Crippen molar-refractivity contribution in [2.24, 2.45) is 11.8 Å². The Balaban J connectivity index is 1.70. The molecule has 34 heavy (non-hydrogen) atoms. The molecule has 9 heteroatoms. The third-order valence-corrected chi connectivity index (χ3v) is 7.93. The lowest BCUT2D eigenvalue weighted by atomic mass is 9.65. The average Bonchev–Trinajstić information content (AvgIpc) is 3.43. The van der Waals surface area contributed by atoms with Gasteiger partial charge < -0.3 is 25.4 Å². The van der Waals surface area contributed by atoms with E-state index in [1.165, 1.54) is 0 Å². The maximum Gasteiger partial charge on any atom is 0.250 e. The summed E-state index contributed by atoms with van der Waals surface area (Å²) in [5.41, 5.74) is -1.21. The highest BCUT2D eigenvalue weighted by Gasteiger charge is 2.78. The minimum atomic E-state index is -1.04. The molecule has 5 atom stereocenters. The number of benzene rings is 1. The standard InChI is InChI=1S/C25H34ClN3O5/c1-3-13-27-21(31)18-19-23(33)29(14-5-6-15-30)20(25(19)12-11-24(18,4-2)34-25)22(32)28-17-9-7-16(26)8-10-17/h7-10,18-20,30H,3-6,11-15H2,1-2H3,(H,27,31)(H,28,32)/t18-,19-,20?,24+,25?/m0/s1. The van der Waals surface area contributed by atoms with Gasteiger partial charge in [0, 0.05) is 30.4 Å². The molecular weight excluding hydrogens is 458 g/mol. The molecule has 2 unspecified atom stereocenters. The lowest BCUT2D eigenvalue weighted by molar-refractivity contribution is -0.146. The number of hydrogen-bond donors (Lipinski definition) is 3. The van der Waals surface area contributed by atoms with E-state index >= 15 is 0 Å². The van der Waals surface area contributed by atoms with E-state index < -0.39 is 29.1 Å². The summed E-state index contributed by atoms with van der Waals surface area (Å²) >= 11 is 5.98. The van der Waals surface area contributed by atoms with E-state index in [2.05, 4.69) is 10.6 Å². The highest BCUT2D eigenvalue weighted by Crippen LogP contribution is 2.64. The van der Waals surface area contributed by atoms with Gasteiger partial charge in [-0.25, -0.2) is 0 Å². The van der Waals surface area contributed by atoms with E-state index in [0.29, 0.717) is 55.9 Å². The monoisotopic (exact) mass is 491 g/mol. The van der Waals surface area contributed by atoms with Crippen LogP contribution in [0, 0.1) is 11.8 Å². The number of fused-ring (bicyclic) bond motifs is 1. The fraction of sp³-hybridized carbons (Fsp3) is 0.640. The first-order valence-electron chi connectivity index (χ1n) is 12.3. The van der Waals surface area contributed by atoms with Crippen molar-refractivity contribution >= 4 is 35.0 Å². The van der Waals surface area contributed by atoms with E-state index in [1.54, 1.807) is 29.2 Å². The second kappa shape index (κ2) is 9.84. The Labute approximate surface area is 205 Å². The van der Waals surface area contributed by atoms with Crippen LogP contribution in [0.2, 0.25) is 5.02 Å². The number of aliphatic hydroxyl groups is 1. The molecule has 186 valence electrons. The number of amides is 3. The Bertz CT molecular complexity index is 941. The molecule has 3 fully saturated rings. The molecule has 3 heterocycles. The summed E-state index contributed by atoms with van der Waals surface area (Å²) < 4.78 is 6.68. The second-order valence-corrected chi connectivity index (χ2v) is 10.0. The van der Waals surface area contributed by atoms with Gasteiger partial charge in [0.25, 0.3) is 0 Å². The predicted octanol–water partition coefficient (Wildman–Crippen LogP) is 2.73. The summed E-state index contributed by atoms with van der Waals surface area (Å²) in [5.74, 6) is -2.03. The molecule has 0 saturated carbocycles. The van der Waals surface area contributed by atoms with E-state index in [4.69, 9.17) is 16.3 Å². The van der Waals surface area contributed by atoms with Gasteiger partial charge in [0.05, 0.1) is 17.4 Å². The number of carbonyl (C=O) groups is 3. The normalized spacial score (nSPS) is 31.6. The summed E-state index contributed by atoms with van der Waals surface area (Å²) in [6.07, 6.45) is 3.64. The number of nitrogens with one attached hydrogen (secondary N) is 2. The summed E-state index contributed by atoms with van der Waals surface area (Å²) in [7, 11) is 0. The number of carbonyl (C=O) groups excluding carboxylic acids is 3. The summed E-state index contributed by atoms with van der Waals surface area (Å²) in [4.78, 5) is 42.4. The van der Waals surface area contributed by atoms with Gasteiger partial charge in [0.2, 0.25) is 17.7 Å². The fourth-order valence-corrected chi connectivity index (χ4v) is 6.28. The highest BCUT2D eigenvalue weighted by molar-refractivity contribution is 6.30. The van der Waals surface area contributed by atoms with Gasteiger partial charge in [-0.05, 0) is 62.8 Å². The van der Waals surface area contributed by atoms with Crippen LogP contribution in [-0.2, 0) is 19.1 Å². The maximum absolute atomic E-state index is 13.8. The largest absolute Gasteiger partial charge is 0.396 e. The number of unbranched alkanes of at least 4 members (excludes halogenated alkanes) is 1.